The van der Waals surface area contributed by atoms with E-state index < -0.39 is 0 Å². The monoisotopic (exact) mass is 232 g/mol. The summed E-state index contributed by atoms with van der Waals surface area (Å²) < 4.78 is 10.7. The van der Waals surface area contributed by atoms with Crippen molar-refractivity contribution in [3.8, 4) is 0 Å². The minimum Gasteiger partial charge on any atom is -0.460 e. The van der Waals surface area contributed by atoms with Gasteiger partial charge in [0.05, 0.1) is 6.61 Å². The summed E-state index contributed by atoms with van der Waals surface area (Å²) in [4.78, 5) is 11.8. The smallest absolute Gasteiger partial charge is 0.374 e. The molecular formula is C14H16O3. The molecule has 0 fully saturated rings. The molecule has 0 aliphatic heterocycles. The molecule has 0 aliphatic rings. The summed E-state index contributed by atoms with van der Waals surface area (Å²) >= 11 is 0. The lowest BCUT2D eigenvalue weighted by Crippen LogP contribution is -2.06. The molecule has 0 N–H and O–H groups in total. The first-order chi connectivity index (χ1) is 8.24. The first kappa shape index (κ1) is 11.7. The van der Waals surface area contributed by atoms with E-state index >= 15 is 0 Å². The molecule has 0 saturated heterocycles. The van der Waals surface area contributed by atoms with Crippen molar-refractivity contribution in [3.63, 3.8) is 0 Å². The van der Waals surface area contributed by atoms with E-state index in [9.17, 15) is 4.79 Å². The lowest BCUT2D eigenvalue weighted by Gasteiger charge is -2.01. The summed E-state index contributed by atoms with van der Waals surface area (Å²) in [7, 11) is 0. The van der Waals surface area contributed by atoms with E-state index in [-0.39, 0.29) is 5.97 Å². The average molecular weight is 232 g/mol. The van der Waals surface area contributed by atoms with Crippen LogP contribution in [0.5, 0.6) is 0 Å². The number of benzene rings is 1. The molecule has 1 aromatic heterocycles. The van der Waals surface area contributed by atoms with Crippen molar-refractivity contribution in [1.82, 2.24) is 0 Å². The Hall–Kier alpha value is -1.77. The third-order valence-electron chi connectivity index (χ3n) is 2.76. The lowest BCUT2D eigenvalue weighted by molar-refractivity contribution is 0.0465. The van der Waals surface area contributed by atoms with Gasteiger partial charge in [-0.15, -0.1) is 0 Å². The normalized spacial score (nSPS) is 10.7. The van der Waals surface area contributed by atoms with E-state index in [0.717, 1.165) is 29.4 Å². The van der Waals surface area contributed by atoms with E-state index in [1.54, 1.807) is 0 Å². The van der Waals surface area contributed by atoms with Crippen molar-refractivity contribution in [1.29, 1.82) is 0 Å². The van der Waals surface area contributed by atoms with Crippen molar-refractivity contribution in [2.75, 3.05) is 6.61 Å². The molecule has 0 spiro atoms. The van der Waals surface area contributed by atoms with Crippen LogP contribution >= 0.6 is 0 Å². The number of furan rings is 1. The quantitative estimate of drug-likeness (QED) is 0.596. The third-order valence-corrected chi connectivity index (χ3v) is 2.76. The van der Waals surface area contributed by atoms with Crippen LogP contribution in [0.25, 0.3) is 11.0 Å². The van der Waals surface area contributed by atoms with Gasteiger partial charge in [0.15, 0.2) is 0 Å². The second kappa shape index (κ2) is 5.04. The molecule has 90 valence electrons. The maximum absolute atomic E-state index is 11.8. The highest BCUT2D eigenvalue weighted by Crippen LogP contribution is 2.25. The molecule has 1 heterocycles. The van der Waals surface area contributed by atoms with E-state index in [2.05, 4.69) is 6.92 Å². The van der Waals surface area contributed by atoms with Gasteiger partial charge in [0.25, 0.3) is 0 Å². The summed E-state index contributed by atoms with van der Waals surface area (Å²) in [5.41, 5.74) is 1.58. The first-order valence-electron chi connectivity index (χ1n) is 5.89. The van der Waals surface area contributed by atoms with Gasteiger partial charge in [0, 0.05) is 10.9 Å². The largest absolute Gasteiger partial charge is 0.460 e. The zero-order valence-electron chi connectivity index (χ0n) is 10.2. The number of carbonyl (C=O) groups is 1. The standard InChI is InChI=1S/C14H16O3/c1-3-4-9-16-14(15)13-10(2)11-7-5-6-8-12(11)17-13/h5-8H,3-4,9H2,1-2H3. The third kappa shape index (κ3) is 2.33. The number of para-hydroxylation sites is 1. The summed E-state index contributed by atoms with van der Waals surface area (Å²) in [6.45, 7) is 4.38. The van der Waals surface area contributed by atoms with Crippen LogP contribution in [0.3, 0.4) is 0 Å². The Morgan fingerprint density at radius 1 is 1.35 bits per heavy atom. The molecule has 0 unspecified atom stereocenters. The molecule has 0 radical (unpaired) electrons. The van der Waals surface area contributed by atoms with Gasteiger partial charge in [0.2, 0.25) is 5.76 Å². The molecule has 3 heteroatoms. The predicted molar refractivity (Wildman–Crippen MR) is 66.1 cm³/mol. The van der Waals surface area contributed by atoms with Gasteiger partial charge in [-0.1, -0.05) is 31.5 Å². The summed E-state index contributed by atoms with van der Waals surface area (Å²) in [5.74, 6) is -0.0468. The van der Waals surface area contributed by atoms with Crippen LogP contribution in [-0.2, 0) is 4.74 Å². The van der Waals surface area contributed by atoms with Crippen LogP contribution < -0.4 is 0 Å². The van der Waals surface area contributed by atoms with Gasteiger partial charge >= 0.3 is 5.97 Å². The Balaban J connectivity index is 2.23. The zero-order valence-corrected chi connectivity index (χ0v) is 10.2. The van der Waals surface area contributed by atoms with E-state index in [1.807, 2.05) is 31.2 Å². The maximum atomic E-state index is 11.8. The molecule has 0 aliphatic carbocycles. The fourth-order valence-corrected chi connectivity index (χ4v) is 1.74. The Kier molecular flexibility index (Phi) is 3.47. The van der Waals surface area contributed by atoms with Gasteiger partial charge in [-0.2, -0.15) is 0 Å². The number of ether oxygens (including phenoxy) is 1. The highest BCUT2D eigenvalue weighted by molar-refractivity contribution is 5.95. The number of unbranched alkanes of at least 4 members (excludes halogenated alkanes) is 1. The Labute approximate surface area is 100 Å². The van der Waals surface area contributed by atoms with Gasteiger partial charge in [-0.3, -0.25) is 0 Å². The highest BCUT2D eigenvalue weighted by Gasteiger charge is 2.18. The average Bonchev–Trinajstić information content (AvgIpc) is 2.68. The number of hydrogen-bond donors (Lipinski definition) is 0. The molecule has 0 bridgehead atoms. The number of aryl methyl sites for hydroxylation is 1. The minimum atomic E-state index is -0.368. The molecule has 1 aromatic carbocycles. The summed E-state index contributed by atoms with van der Waals surface area (Å²) in [5, 5.41) is 0.968. The first-order valence-corrected chi connectivity index (χ1v) is 5.89. The van der Waals surface area contributed by atoms with E-state index in [1.165, 1.54) is 0 Å². The Morgan fingerprint density at radius 3 is 2.82 bits per heavy atom. The molecule has 0 saturated carbocycles. The van der Waals surface area contributed by atoms with Gasteiger partial charge < -0.3 is 9.15 Å². The molecular weight excluding hydrogens is 216 g/mol. The number of esters is 1. The van der Waals surface area contributed by atoms with Gasteiger partial charge in [-0.25, -0.2) is 4.79 Å². The van der Waals surface area contributed by atoms with Crippen molar-refractivity contribution in [2.24, 2.45) is 0 Å². The second-order valence-electron chi connectivity index (χ2n) is 4.04. The minimum absolute atomic E-state index is 0.322. The van der Waals surface area contributed by atoms with Crippen molar-refractivity contribution >= 4 is 16.9 Å². The predicted octanol–water partition coefficient (Wildman–Crippen LogP) is 3.70. The zero-order chi connectivity index (χ0) is 12.3. The molecule has 17 heavy (non-hydrogen) atoms. The highest BCUT2D eigenvalue weighted by atomic mass is 16.5. The van der Waals surface area contributed by atoms with Crippen LogP contribution in [0, 0.1) is 6.92 Å². The molecule has 2 aromatic rings. The van der Waals surface area contributed by atoms with Crippen LogP contribution in [0.2, 0.25) is 0 Å². The van der Waals surface area contributed by atoms with Gasteiger partial charge in [-0.05, 0) is 19.4 Å². The van der Waals surface area contributed by atoms with Gasteiger partial charge in [0.1, 0.15) is 5.58 Å². The van der Waals surface area contributed by atoms with Crippen LogP contribution in [0.15, 0.2) is 28.7 Å². The Bertz CT molecular complexity index is 525. The van der Waals surface area contributed by atoms with Crippen molar-refractivity contribution in [2.45, 2.75) is 26.7 Å². The summed E-state index contributed by atoms with van der Waals surface area (Å²) in [6, 6.07) is 7.61. The Morgan fingerprint density at radius 2 is 2.12 bits per heavy atom. The van der Waals surface area contributed by atoms with Crippen molar-refractivity contribution in [3.05, 3.63) is 35.6 Å². The fourth-order valence-electron chi connectivity index (χ4n) is 1.74. The van der Waals surface area contributed by atoms with Crippen molar-refractivity contribution < 1.29 is 13.9 Å². The fraction of sp³-hybridized carbons (Fsp3) is 0.357. The SMILES string of the molecule is CCCCOC(=O)c1oc2ccccc2c1C. The molecule has 0 amide bonds. The molecule has 2 rings (SSSR count). The number of carbonyl (C=O) groups excluding carboxylic acids is 1. The topological polar surface area (TPSA) is 39.4 Å². The molecule has 3 nitrogen and oxygen atoms in total. The van der Waals surface area contributed by atoms with Crippen LogP contribution in [0.4, 0.5) is 0 Å². The maximum Gasteiger partial charge on any atom is 0.374 e. The van der Waals surface area contributed by atoms with Crippen LogP contribution in [-0.4, -0.2) is 12.6 Å². The lowest BCUT2D eigenvalue weighted by atomic mass is 10.1. The second-order valence-corrected chi connectivity index (χ2v) is 4.04. The van der Waals surface area contributed by atoms with E-state index in [0.29, 0.717) is 12.4 Å². The summed E-state index contributed by atoms with van der Waals surface area (Å²) in [6.07, 6.45) is 1.89. The molecule has 0 atom stereocenters. The van der Waals surface area contributed by atoms with E-state index in [4.69, 9.17) is 9.15 Å². The number of rotatable bonds is 4. The number of hydrogen-bond acceptors (Lipinski definition) is 3. The van der Waals surface area contributed by atoms with Crippen LogP contribution in [0.1, 0.15) is 35.9 Å². The number of fused-ring (bicyclic) bond motifs is 1.